The van der Waals surface area contributed by atoms with Crippen LogP contribution < -0.4 is 5.32 Å². The first-order valence-corrected chi connectivity index (χ1v) is 6.79. The van der Waals surface area contributed by atoms with Gasteiger partial charge in [-0.2, -0.15) is 0 Å². The Morgan fingerprint density at radius 1 is 1.47 bits per heavy atom. The van der Waals surface area contributed by atoms with Crippen LogP contribution >= 0.6 is 0 Å². The van der Waals surface area contributed by atoms with E-state index in [1.54, 1.807) is 12.1 Å². The molecule has 1 N–H and O–H groups in total. The summed E-state index contributed by atoms with van der Waals surface area (Å²) in [5.74, 6) is 0.121. The van der Waals surface area contributed by atoms with Gasteiger partial charge in [0.25, 0.3) is 5.91 Å². The standard InChI is InChI=1S/C14H20N2O3/c1-11-5-2-3-9-16(11)13(17)7-8-15-14(18)12-6-4-10-19-12/h4,6,10-11H,2-3,5,7-9H2,1H3,(H,15,18). The largest absolute Gasteiger partial charge is 0.459 e. The highest BCUT2D eigenvalue weighted by Crippen LogP contribution is 2.16. The minimum atomic E-state index is -0.274. The molecule has 1 saturated heterocycles. The number of nitrogens with zero attached hydrogens (tertiary/aromatic N) is 1. The molecule has 1 aliphatic rings. The molecule has 0 saturated carbocycles. The highest BCUT2D eigenvalue weighted by Gasteiger charge is 2.22. The van der Waals surface area contributed by atoms with E-state index in [4.69, 9.17) is 4.42 Å². The van der Waals surface area contributed by atoms with Crippen LogP contribution in [0.25, 0.3) is 0 Å². The van der Waals surface area contributed by atoms with Crippen molar-refractivity contribution < 1.29 is 14.0 Å². The Morgan fingerprint density at radius 3 is 3.00 bits per heavy atom. The molecule has 2 rings (SSSR count). The van der Waals surface area contributed by atoms with Crippen LogP contribution in [0.5, 0.6) is 0 Å². The minimum absolute atomic E-state index is 0.118. The molecule has 5 heteroatoms. The number of carbonyl (C=O) groups excluding carboxylic acids is 2. The van der Waals surface area contributed by atoms with Crippen LogP contribution in [0.4, 0.5) is 0 Å². The molecule has 19 heavy (non-hydrogen) atoms. The Balaban J connectivity index is 1.73. The lowest BCUT2D eigenvalue weighted by atomic mass is 10.0. The first-order chi connectivity index (χ1) is 9.18. The molecule has 0 radical (unpaired) electrons. The van der Waals surface area contributed by atoms with Gasteiger partial charge in [0.05, 0.1) is 6.26 Å². The zero-order valence-electron chi connectivity index (χ0n) is 11.2. The lowest BCUT2D eigenvalue weighted by Crippen LogP contribution is -2.43. The summed E-state index contributed by atoms with van der Waals surface area (Å²) in [4.78, 5) is 25.5. The maximum Gasteiger partial charge on any atom is 0.286 e. The maximum atomic E-state index is 12.0. The van der Waals surface area contributed by atoms with Gasteiger partial charge >= 0.3 is 0 Å². The number of hydrogen-bond donors (Lipinski definition) is 1. The Bertz CT molecular complexity index is 428. The highest BCUT2D eigenvalue weighted by molar-refractivity contribution is 5.91. The van der Waals surface area contributed by atoms with Crippen molar-refractivity contribution in [3.63, 3.8) is 0 Å². The number of rotatable bonds is 4. The molecule has 1 atom stereocenters. The topological polar surface area (TPSA) is 62.6 Å². The van der Waals surface area contributed by atoms with Gasteiger partial charge in [0.2, 0.25) is 5.91 Å². The van der Waals surface area contributed by atoms with Gasteiger partial charge in [-0.15, -0.1) is 0 Å². The molecule has 1 aromatic rings. The predicted molar refractivity (Wildman–Crippen MR) is 70.7 cm³/mol. The molecule has 1 unspecified atom stereocenters. The second-order valence-electron chi connectivity index (χ2n) is 4.92. The third kappa shape index (κ3) is 3.59. The van der Waals surface area contributed by atoms with Crippen LogP contribution in [-0.4, -0.2) is 35.8 Å². The van der Waals surface area contributed by atoms with Crippen LogP contribution in [-0.2, 0) is 4.79 Å². The molecular weight excluding hydrogens is 244 g/mol. The van der Waals surface area contributed by atoms with E-state index in [9.17, 15) is 9.59 Å². The fourth-order valence-electron chi connectivity index (χ4n) is 2.39. The normalized spacial score (nSPS) is 19.2. The summed E-state index contributed by atoms with van der Waals surface area (Å²) < 4.78 is 4.98. The number of carbonyl (C=O) groups is 2. The lowest BCUT2D eigenvalue weighted by Gasteiger charge is -2.33. The molecular formula is C14H20N2O3. The fraction of sp³-hybridized carbons (Fsp3) is 0.571. The van der Waals surface area contributed by atoms with E-state index < -0.39 is 0 Å². The van der Waals surface area contributed by atoms with Crippen LogP contribution in [0, 0.1) is 0 Å². The molecule has 2 amide bonds. The number of hydrogen-bond acceptors (Lipinski definition) is 3. The average molecular weight is 264 g/mol. The molecule has 104 valence electrons. The lowest BCUT2D eigenvalue weighted by molar-refractivity contribution is -0.134. The molecule has 0 spiro atoms. The summed E-state index contributed by atoms with van der Waals surface area (Å²) in [6.07, 6.45) is 5.14. The van der Waals surface area contributed by atoms with E-state index in [1.165, 1.54) is 12.7 Å². The molecule has 2 heterocycles. The van der Waals surface area contributed by atoms with Crippen molar-refractivity contribution in [2.24, 2.45) is 0 Å². The minimum Gasteiger partial charge on any atom is -0.459 e. The molecule has 1 aliphatic heterocycles. The molecule has 0 bridgehead atoms. The Hall–Kier alpha value is -1.78. The van der Waals surface area contributed by atoms with Crippen molar-refractivity contribution in [2.45, 2.75) is 38.6 Å². The second-order valence-corrected chi connectivity index (χ2v) is 4.92. The zero-order valence-corrected chi connectivity index (χ0v) is 11.2. The van der Waals surface area contributed by atoms with Crippen LogP contribution in [0.1, 0.15) is 43.2 Å². The van der Waals surface area contributed by atoms with Gasteiger partial charge in [0.15, 0.2) is 5.76 Å². The van der Waals surface area contributed by atoms with E-state index in [0.717, 1.165) is 19.4 Å². The number of piperidine rings is 1. The van der Waals surface area contributed by atoms with Gasteiger partial charge in [0.1, 0.15) is 0 Å². The van der Waals surface area contributed by atoms with Gasteiger partial charge in [-0.05, 0) is 38.3 Å². The highest BCUT2D eigenvalue weighted by atomic mass is 16.3. The molecule has 0 aromatic carbocycles. The summed E-state index contributed by atoms with van der Waals surface area (Å²) >= 11 is 0. The first kappa shape index (κ1) is 13.6. The van der Waals surface area contributed by atoms with Crippen molar-refractivity contribution >= 4 is 11.8 Å². The Kier molecular flexibility index (Phi) is 4.60. The van der Waals surface area contributed by atoms with Gasteiger partial charge < -0.3 is 14.6 Å². The Morgan fingerprint density at radius 2 is 2.32 bits per heavy atom. The monoisotopic (exact) mass is 264 g/mol. The van der Waals surface area contributed by atoms with Gasteiger partial charge in [-0.25, -0.2) is 0 Å². The van der Waals surface area contributed by atoms with E-state index in [-0.39, 0.29) is 17.6 Å². The summed E-state index contributed by atoms with van der Waals surface area (Å²) in [5, 5.41) is 2.69. The number of amides is 2. The first-order valence-electron chi connectivity index (χ1n) is 6.79. The van der Waals surface area contributed by atoms with Gasteiger partial charge in [-0.1, -0.05) is 0 Å². The molecule has 0 aliphatic carbocycles. The van der Waals surface area contributed by atoms with Crippen molar-refractivity contribution in [1.29, 1.82) is 0 Å². The molecule has 1 fully saturated rings. The van der Waals surface area contributed by atoms with Gasteiger partial charge in [0, 0.05) is 25.6 Å². The van der Waals surface area contributed by atoms with Gasteiger partial charge in [-0.3, -0.25) is 9.59 Å². The third-order valence-electron chi connectivity index (χ3n) is 3.49. The van der Waals surface area contributed by atoms with Crippen LogP contribution in [0.3, 0.4) is 0 Å². The van der Waals surface area contributed by atoms with Crippen molar-refractivity contribution in [3.05, 3.63) is 24.2 Å². The SMILES string of the molecule is CC1CCCCN1C(=O)CCNC(=O)c1ccco1. The number of furan rings is 1. The van der Waals surface area contributed by atoms with Crippen molar-refractivity contribution in [1.82, 2.24) is 10.2 Å². The van der Waals surface area contributed by atoms with E-state index in [2.05, 4.69) is 12.2 Å². The quantitative estimate of drug-likeness (QED) is 0.902. The third-order valence-corrected chi connectivity index (χ3v) is 3.49. The smallest absolute Gasteiger partial charge is 0.286 e. The van der Waals surface area contributed by atoms with E-state index in [0.29, 0.717) is 19.0 Å². The van der Waals surface area contributed by atoms with E-state index in [1.807, 2.05) is 4.90 Å². The summed E-state index contributed by atoms with van der Waals surface area (Å²) in [6, 6.07) is 3.58. The second kappa shape index (κ2) is 6.41. The van der Waals surface area contributed by atoms with Crippen LogP contribution in [0.2, 0.25) is 0 Å². The maximum absolute atomic E-state index is 12.0. The predicted octanol–water partition coefficient (Wildman–Crippen LogP) is 1.80. The fourth-order valence-corrected chi connectivity index (χ4v) is 2.39. The molecule has 1 aromatic heterocycles. The zero-order chi connectivity index (χ0) is 13.7. The molecule has 5 nitrogen and oxygen atoms in total. The Labute approximate surface area is 113 Å². The summed E-state index contributed by atoms with van der Waals surface area (Å²) in [6.45, 7) is 3.27. The van der Waals surface area contributed by atoms with Crippen LogP contribution in [0.15, 0.2) is 22.8 Å². The van der Waals surface area contributed by atoms with E-state index >= 15 is 0 Å². The average Bonchev–Trinajstić information content (AvgIpc) is 2.93. The summed E-state index contributed by atoms with van der Waals surface area (Å²) in [5.41, 5.74) is 0. The number of nitrogens with one attached hydrogen (secondary N) is 1. The van der Waals surface area contributed by atoms with Crippen molar-refractivity contribution in [3.8, 4) is 0 Å². The van der Waals surface area contributed by atoms with Crippen molar-refractivity contribution in [2.75, 3.05) is 13.1 Å². The summed E-state index contributed by atoms with van der Waals surface area (Å²) in [7, 11) is 0. The number of likely N-dealkylation sites (tertiary alicyclic amines) is 1.